The molecule has 0 amide bonds. The first-order valence-electron chi connectivity index (χ1n) is 5.84. The van der Waals surface area contributed by atoms with Crippen molar-refractivity contribution < 1.29 is 0 Å². The van der Waals surface area contributed by atoms with Gasteiger partial charge in [-0.25, -0.2) is 5.84 Å². The highest BCUT2D eigenvalue weighted by Gasteiger charge is 1.88. The molecule has 0 spiro atoms. The molecular formula is C13H28N2. The molecule has 0 aliphatic carbocycles. The molecule has 2 heteroatoms. The Bertz CT molecular complexity index is 171. The molecule has 1 rings (SSSR count). The van der Waals surface area contributed by atoms with Crippen molar-refractivity contribution in [2.75, 3.05) is 12.1 Å². The predicted octanol–water partition coefficient (Wildman–Crippen LogP) is 4.08. The molecule has 0 radical (unpaired) electrons. The highest BCUT2D eigenvalue weighted by molar-refractivity contribution is 5.42. The summed E-state index contributed by atoms with van der Waals surface area (Å²) in [6, 6.07) is 9.80. The third-order valence-electron chi connectivity index (χ3n) is 1.16. The van der Waals surface area contributed by atoms with E-state index in [1.54, 1.807) is 5.01 Å². The van der Waals surface area contributed by atoms with Gasteiger partial charge in [0.2, 0.25) is 0 Å². The number of hydrogen-bond acceptors (Lipinski definition) is 2. The standard InChI is InChI=1S/C7H10N2.3C2H6/c1-9(8)7-5-3-2-4-6-7;3*1-2/h2-6H,8H2,1H3;3*1-2H3. The first-order chi connectivity index (χ1) is 7.30. The predicted molar refractivity (Wildman–Crippen MR) is 73.1 cm³/mol. The summed E-state index contributed by atoms with van der Waals surface area (Å²) in [6.45, 7) is 12.0. The van der Waals surface area contributed by atoms with Gasteiger partial charge in [-0.2, -0.15) is 0 Å². The van der Waals surface area contributed by atoms with E-state index >= 15 is 0 Å². The largest absolute Gasteiger partial charge is 0.314 e. The van der Waals surface area contributed by atoms with E-state index in [0.717, 1.165) is 5.69 Å². The van der Waals surface area contributed by atoms with Gasteiger partial charge in [-0.3, -0.25) is 0 Å². The molecule has 2 nitrogen and oxygen atoms in total. The van der Waals surface area contributed by atoms with Crippen molar-refractivity contribution in [2.45, 2.75) is 41.5 Å². The van der Waals surface area contributed by atoms with Gasteiger partial charge in [-0.1, -0.05) is 59.7 Å². The first kappa shape index (κ1) is 19.5. The van der Waals surface area contributed by atoms with Gasteiger partial charge in [-0.05, 0) is 12.1 Å². The molecule has 0 aliphatic rings. The molecule has 0 aromatic heterocycles. The van der Waals surface area contributed by atoms with Gasteiger partial charge in [0, 0.05) is 7.05 Å². The Morgan fingerprint density at radius 2 is 1.13 bits per heavy atom. The van der Waals surface area contributed by atoms with Crippen LogP contribution in [0, 0.1) is 0 Å². The lowest BCUT2D eigenvalue weighted by Gasteiger charge is -2.09. The summed E-state index contributed by atoms with van der Waals surface area (Å²) < 4.78 is 0. The SMILES string of the molecule is CC.CC.CC.CN(N)c1ccccc1. The van der Waals surface area contributed by atoms with Crippen molar-refractivity contribution in [3.63, 3.8) is 0 Å². The molecular weight excluding hydrogens is 184 g/mol. The van der Waals surface area contributed by atoms with Gasteiger partial charge in [-0.15, -0.1) is 0 Å². The number of nitrogens with two attached hydrogens (primary N) is 1. The molecule has 0 aliphatic heterocycles. The van der Waals surface area contributed by atoms with Crippen LogP contribution in [0.3, 0.4) is 0 Å². The van der Waals surface area contributed by atoms with Gasteiger partial charge in [0.1, 0.15) is 0 Å². The van der Waals surface area contributed by atoms with E-state index in [9.17, 15) is 0 Å². The quantitative estimate of drug-likeness (QED) is 0.561. The average molecular weight is 212 g/mol. The Labute approximate surface area is 96.1 Å². The normalized spacial score (nSPS) is 6.67. The average Bonchev–Trinajstić information content (AvgIpc) is 2.38. The van der Waals surface area contributed by atoms with Crippen LogP contribution in [0.5, 0.6) is 0 Å². The summed E-state index contributed by atoms with van der Waals surface area (Å²) in [5.74, 6) is 5.45. The van der Waals surface area contributed by atoms with E-state index < -0.39 is 0 Å². The zero-order valence-corrected chi connectivity index (χ0v) is 11.4. The van der Waals surface area contributed by atoms with Gasteiger partial charge in [0.25, 0.3) is 0 Å². The van der Waals surface area contributed by atoms with Crippen molar-refractivity contribution in [1.82, 2.24) is 0 Å². The van der Waals surface area contributed by atoms with Crippen molar-refractivity contribution >= 4 is 5.69 Å². The number of para-hydroxylation sites is 1. The summed E-state index contributed by atoms with van der Waals surface area (Å²) in [7, 11) is 1.81. The minimum atomic E-state index is 1.03. The van der Waals surface area contributed by atoms with Crippen LogP contribution in [0.2, 0.25) is 0 Å². The van der Waals surface area contributed by atoms with E-state index in [4.69, 9.17) is 5.84 Å². The van der Waals surface area contributed by atoms with Crippen molar-refractivity contribution in [2.24, 2.45) is 5.84 Å². The fourth-order valence-corrected chi connectivity index (χ4v) is 0.663. The topological polar surface area (TPSA) is 29.3 Å². The number of hydrazine groups is 1. The number of benzene rings is 1. The Balaban J connectivity index is -0.000000208. The maximum atomic E-state index is 5.45. The molecule has 0 saturated heterocycles. The number of nitrogens with zero attached hydrogens (tertiary/aromatic N) is 1. The summed E-state index contributed by atoms with van der Waals surface area (Å²) in [5, 5.41) is 1.58. The molecule has 90 valence electrons. The van der Waals surface area contributed by atoms with Crippen LogP contribution in [0.25, 0.3) is 0 Å². The third kappa shape index (κ3) is 13.0. The monoisotopic (exact) mass is 212 g/mol. The Morgan fingerprint density at radius 1 is 0.800 bits per heavy atom. The number of hydrogen-bond donors (Lipinski definition) is 1. The van der Waals surface area contributed by atoms with Gasteiger partial charge < -0.3 is 5.01 Å². The van der Waals surface area contributed by atoms with Crippen molar-refractivity contribution in [1.29, 1.82) is 0 Å². The highest BCUT2D eigenvalue weighted by atomic mass is 15.4. The fraction of sp³-hybridized carbons (Fsp3) is 0.538. The Morgan fingerprint density at radius 3 is 1.33 bits per heavy atom. The van der Waals surface area contributed by atoms with Crippen LogP contribution < -0.4 is 10.9 Å². The maximum Gasteiger partial charge on any atom is 0.0513 e. The molecule has 0 fully saturated rings. The minimum Gasteiger partial charge on any atom is -0.314 e. The summed E-state index contributed by atoms with van der Waals surface area (Å²) in [5.41, 5.74) is 1.03. The molecule has 0 saturated carbocycles. The zero-order valence-electron chi connectivity index (χ0n) is 11.4. The molecule has 1 aromatic rings. The second-order valence-corrected chi connectivity index (χ2v) is 1.95. The van der Waals surface area contributed by atoms with Gasteiger partial charge in [0.05, 0.1) is 5.69 Å². The van der Waals surface area contributed by atoms with E-state index in [2.05, 4.69) is 0 Å². The van der Waals surface area contributed by atoms with E-state index in [1.807, 2.05) is 78.9 Å². The van der Waals surface area contributed by atoms with Crippen LogP contribution in [0.1, 0.15) is 41.5 Å². The molecule has 0 unspecified atom stereocenters. The molecule has 1 aromatic carbocycles. The molecule has 0 bridgehead atoms. The van der Waals surface area contributed by atoms with E-state index in [0.29, 0.717) is 0 Å². The lowest BCUT2D eigenvalue weighted by atomic mass is 10.3. The zero-order chi connectivity index (χ0) is 12.7. The van der Waals surface area contributed by atoms with Crippen LogP contribution in [0.15, 0.2) is 30.3 Å². The number of rotatable bonds is 1. The Kier molecular flexibility index (Phi) is 24.4. The summed E-state index contributed by atoms with van der Waals surface area (Å²) >= 11 is 0. The molecule has 15 heavy (non-hydrogen) atoms. The van der Waals surface area contributed by atoms with Gasteiger partial charge in [0.15, 0.2) is 0 Å². The van der Waals surface area contributed by atoms with Crippen molar-refractivity contribution in [3.8, 4) is 0 Å². The molecule has 0 heterocycles. The maximum absolute atomic E-state index is 5.45. The minimum absolute atomic E-state index is 1.03. The van der Waals surface area contributed by atoms with Crippen LogP contribution >= 0.6 is 0 Å². The third-order valence-corrected chi connectivity index (χ3v) is 1.16. The highest BCUT2D eigenvalue weighted by Crippen LogP contribution is 2.05. The van der Waals surface area contributed by atoms with Crippen LogP contribution in [-0.4, -0.2) is 7.05 Å². The summed E-state index contributed by atoms with van der Waals surface area (Å²) in [4.78, 5) is 0. The van der Waals surface area contributed by atoms with E-state index in [-0.39, 0.29) is 0 Å². The Hall–Kier alpha value is -1.02. The van der Waals surface area contributed by atoms with E-state index in [1.165, 1.54) is 0 Å². The summed E-state index contributed by atoms with van der Waals surface area (Å²) in [6.07, 6.45) is 0. The second-order valence-electron chi connectivity index (χ2n) is 1.95. The lowest BCUT2D eigenvalue weighted by Crippen LogP contribution is -2.24. The lowest BCUT2D eigenvalue weighted by molar-refractivity contribution is 1.02. The fourth-order valence-electron chi connectivity index (χ4n) is 0.663. The second kappa shape index (κ2) is 18.7. The van der Waals surface area contributed by atoms with Crippen molar-refractivity contribution in [3.05, 3.63) is 30.3 Å². The molecule has 0 atom stereocenters. The van der Waals surface area contributed by atoms with Crippen LogP contribution in [-0.2, 0) is 0 Å². The first-order valence-corrected chi connectivity index (χ1v) is 5.84. The smallest absolute Gasteiger partial charge is 0.0513 e. The number of anilines is 1. The molecule has 2 N–H and O–H groups in total. The van der Waals surface area contributed by atoms with Gasteiger partial charge >= 0.3 is 0 Å². The van der Waals surface area contributed by atoms with Crippen LogP contribution in [0.4, 0.5) is 5.69 Å².